The third-order valence-corrected chi connectivity index (χ3v) is 9.35. The van der Waals surface area contributed by atoms with E-state index in [1.54, 1.807) is 0 Å². The number of benzene rings is 1. The van der Waals surface area contributed by atoms with Crippen molar-refractivity contribution in [1.82, 2.24) is 15.5 Å². The highest BCUT2D eigenvalue weighted by Gasteiger charge is 2.58. The molecule has 4 bridgehead atoms. The summed E-state index contributed by atoms with van der Waals surface area (Å²) >= 11 is 0. The summed E-state index contributed by atoms with van der Waals surface area (Å²) in [5.74, 6) is 1.53. The number of rotatable bonds is 4. The van der Waals surface area contributed by atoms with E-state index in [-0.39, 0.29) is 35.4 Å². The van der Waals surface area contributed by atoms with E-state index in [1.165, 1.54) is 11.1 Å². The quantitative estimate of drug-likeness (QED) is 0.641. The fourth-order valence-electron chi connectivity index (χ4n) is 7.89. The Balaban J connectivity index is 1.08. The first-order valence-electron chi connectivity index (χ1n) is 13.3. The Morgan fingerprint density at radius 3 is 2.62 bits per heavy atom. The van der Waals surface area contributed by atoms with Gasteiger partial charge in [-0.1, -0.05) is 36.4 Å². The monoisotopic (exact) mass is 463 g/mol. The highest BCUT2D eigenvalue weighted by Crippen LogP contribution is 2.60. The molecule has 4 atom stereocenters. The van der Waals surface area contributed by atoms with Crippen molar-refractivity contribution in [2.24, 2.45) is 23.2 Å². The van der Waals surface area contributed by atoms with Crippen molar-refractivity contribution in [1.29, 1.82) is 0 Å². The standard InChI is InChI=1S/C28H37N3O3/c32-25-21-11-18-12-22(25)16-28(14-18,15-21)27(34)30-23-7-4-10-31(17-23)26(33)24-13-20(8-9-29-24)19-5-2-1-3-6-19/h1-3,5-6,8,18,21-25,29,32H,4,7,9-17H2,(H,30,34)/t18?,21?,22?,23-,24?,25?,28?/m0/s1. The second kappa shape index (κ2) is 8.80. The number of hydrogen-bond donors (Lipinski definition) is 3. The number of piperidine rings is 1. The van der Waals surface area contributed by atoms with Crippen molar-refractivity contribution in [3.05, 3.63) is 42.0 Å². The second-order valence-electron chi connectivity index (χ2n) is 11.6. The predicted molar refractivity (Wildman–Crippen MR) is 131 cm³/mol. The molecule has 2 amide bonds. The average molecular weight is 464 g/mol. The third kappa shape index (κ3) is 3.99. The molecule has 4 aliphatic carbocycles. The maximum Gasteiger partial charge on any atom is 0.240 e. The van der Waals surface area contributed by atoms with Gasteiger partial charge in [-0.2, -0.15) is 0 Å². The van der Waals surface area contributed by atoms with Crippen LogP contribution in [0.5, 0.6) is 0 Å². The Morgan fingerprint density at radius 1 is 1.09 bits per heavy atom. The van der Waals surface area contributed by atoms with Gasteiger partial charge in [0.05, 0.1) is 17.6 Å². The van der Waals surface area contributed by atoms with Crippen LogP contribution < -0.4 is 10.6 Å². The van der Waals surface area contributed by atoms with Crippen LogP contribution in [0.15, 0.2) is 36.4 Å². The highest BCUT2D eigenvalue weighted by atomic mass is 16.3. The van der Waals surface area contributed by atoms with E-state index in [0.717, 1.165) is 51.5 Å². The number of aliphatic hydroxyl groups is 1. The van der Waals surface area contributed by atoms with Gasteiger partial charge in [-0.3, -0.25) is 9.59 Å². The second-order valence-corrected chi connectivity index (χ2v) is 11.6. The number of carbonyl (C=O) groups excluding carboxylic acids is 2. The van der Waals surface area contributed by atoms with Crippen LogP contribution in [0.4, 0.5) is 0 Å². The highest BCUT2D eigenvalue weighted by molar-refractivity contribution is 5.86. The van der Waals surface area contributed by atoms with E-state index in [2.05, 4.69) is 28.8 Å². The van der Waals surface area contributed by atoms with Crippen LogP contribution in [0.3, 0.4) is 0 Å². The van der Waals surface area contributed by atoms with Crippen LogP contribution in [0.1, 0.15) is 56.9 Å². The maximum absolute atomic E-state index is 13.5. The number of amides is 2. The number of aliphatic hydroxyl groups excluding tert-OH is 1. The van der Waals surface area contributed by atoms with Crippen molar-refractivity contribution in [2.45, 2.75) is 69.6 Å². The molecule has 7 rings (SSSR count). The Hall–Kier alpha value is -2.18. The molecule has 6 heteroatoms. The van der Waals surface area contributed by atoms with E-state index in [0.29, 0.717) is 37.3 Å². The largest absolute Gasteiger partial charge is 0.393 e. The Labute approximate surface area is 202 Å². The minimum Gasteiger partial charge on any atom is -0.393 e. The summed E-state index contributed by atoms with van der Waals surface area (Å²) in [6.07, 6.45) is 9.35. The SMILES string of the molecule is O=C(C1CC(c2ccccc2)=CCN1)N1CCC[C@H](NC(=O)C23CC4CC(C2)C(O)C(C4)C3)C1. The van der Waals surface area contributed by atoms with E-state index in [1.807, 2.05) is 23.1 Å². The molecule has 2 heterocycles. The van der Waals surface area contributed by atoms with Crippen LogP contribution in [0.2, 0.25) is 0 Å². The molecule has 34 heavy (non-hydrogen) atoms. The van der Waals surface area contributed by atoms with E-state index in [9.17, 15) is 14.7 Å². The van der Waals surface area contributed by atoms with Gasteiger partial charge >= 0.3 is 0 Å². The summed E-state index contributed by atoms with van der Waals surface area (Å²) in [4.78, 5) is 28.9. The molecule has 3 unspecified atom stereocenters. The summed E-state index contributed by atoms with van der Waals surface area (Å²) in [5.41, 5.74) is 2.12. The van der Waals surface area contributed by atoms with Crippen molar-refractivity contribution in [3.63, 3.8) is 0 Å². The molecule has 6 nitrogen and oxygen atoms in total. The first-order chi connectivity index (χ1) is 16.5. The lowest BCUT2D eigenvalue weighted by atomic mass is 9.48. The minimum atomic E-state index is -0.289. The zero-order chi connectivity index (χ0) is 23.3. The molecule has 182 valence electrons. The number of nitrogens with one attached hydrogen (secondary N) is 2. The fourth-order valence-corrected chi connectivity index (χ4v) is 7.89. The van der Waals surface area contributed by atoms with E-state index in [4.69, 9.17) is 0 Å². The molecular formula is C28H37N3O3. The number of likely N-dealkylation sites (tertiary alicyclic amines) is 1. The number of nitrogens with zero attached hydrogens (tertiary/aromatic N) is 1. The lowest BCUT2D eigenvalue weighted by molar-refractivity contribution is -0.164. The van der Waals surface area contributed by atoms with E-state index < -0.39 is 0 Å². The first-order valence-corrected chi connectivity index (χ1v) is 13.3. The number of hydrogen-bond acceptors (Lipinski definition) is 4. The average Bonchev–Trinajstić information content (AvgIpc) is 2.87. The van der Waals surface area contributed by atoms with Gasteiger partial charge in [0.1, 0.15) is 0 Å². The molecule has 1 aromatic rings. The molecule has 2 aliphatic heterocycles. The van der Waals surface area contributed by atoms with Gasteiger partial charge in [-0.25, -0.2) is 0 Å². The van der Waals surface area contributed by atoms with Crippen molar-refractivity contribution in [3.8, 4) is 0 Å². The smallest absolute Gasteiger partial charge is 0.240 e. The maximum atomic E-state index is 13.5. The van der Waals surface area contributed by atoms with Gasteiger partial charge in [0.25, 0.3) is 0 Å². The van der Waals surface area contributed by atoms with Gasteiger partial charge in [0.2, 0.25) is 11.8 Å². The van der Waals surface area contributed by atoms with Gasteiger partial charge in [-0.05, 0) is 80.3 Å². The predicted octanol–water partition coefficient (Wildman–Crippen LogP) is 2.73. The minimum absolute atomic E-state index is 0.0239. The van der Waals surface area contributed by atoms with Crippen molar-refractivity contribution in [2.75, 3.05) is 19.6 Å². The Morgan fingerprint density at radius 2 is 1.85 bits per heavy atom. The molecule has 4 saturated carbocycles. The first kappa shape index (κ1) is 22.3. The van der Waals surface area contributed by atoms with Crippen LogP contribution in [0.25, 0.3) is 5.57 Å². The van der Waals surface area contributed by atoms with Crippen molar-refractivity contribution < 1.29 is 14.7 Å². The van der Waals surface area contributed by atoms with E-state index >= 15 is 0 Å². The molecule has 1 aromatic carbocycles. The molecule has 3 N–H and O–H groups in total. The van der Waals surface area contributed by atoms with Crippen molar-refractivity contribution >= 4 is 17.4 Å². The van der Waals surface area contributed by atoms with Crippen LogP contribution in [0, 0.1) is 23.2 Å². The topological polar surface area (TPSA) is 81.7 Å². The summed E-state index contributed by atoms with van der Waals surface area (Å²) < 4.78 is 0. The fraction of sp³-hybridized carbons (Fsp3) is 0.643. The Kier molecular flexibility index (Phi) is 5.77. The van der Waals surface area contributed by atoms with Gasteiger partial charge in [0, 0.05) is 25.7 Å². The lowest BCUT2D eigenvalue weighted by Crippen LogP contribution is -2.61. The van der Waals surface area contributed by atoms with Gasteiger partial charge in [-0.15, -0.1) is 0 Å². The summed E-state index contributed by atoms with van der Waals surface area (Å²) in [6, 6.07) is 10.1. The Bertz CT molecular complexity index is 960. The zero-order valence-corrected chi connectivity index (χ0v) is 19.9. The zero-order valence-electron chi connectivity index (χ0n) is 19.9. The molecule has 5 fully saturated rings. The summed E-state index contributed by atoms with van der Waals surface area (Å²) in [6.45, 7) is 2.06. The molecular weight excluding hydrogens is 426 g/mol. The third-order valence-electron chi connectivity index (χ3n) is 9.35. The van der Waals surface area contributed by atoms with Crippen LogP contribution >= 0.6 is 0 Å². The normalized spacial score (nSPS) is 39.0. The molecule has 0 aromatic heterocycles. The lowest BCUT2D eigenvalue weighted by Gasteiger charge is -2.58. The molecule has 0 radical (unpaired) electrons. The number of carbonyl (C=O) groups is 2. The molecule has 0 spiro atoms. The summed E-state index contributed by atoms with van der Waals surface area (Å²) in [7, 11) is 0. The van der Waals surface area contributed by atoms with Gasteiger partial charge < -0.3 is 20.6 Å². The van der Waals surface area contributed by atoms with Crippen LogP contribution in [-0.4, -0.2) is 59.6 Å². The van der Waals surface area contributed by atoms with Gasteiger partial charge in [0.15, 0.2) is 0 Å². The summed E-state index contributed by atoms with van der Waals surface area (Å²) in [5, 5.41) is 17.3. The van der Waals surface area contributed by atoms with Crippen LogP contribution in [-0.2, 0) is 9.59 Å². The molecule has 1 saturated heterocycles. The molecule has 6 aliphatic rings.